The van der Waals surface area contributed by atoms with E-state index in [1.807, 2.05) is 0 Å². The minimum absolute atomic E-state index is 0.143. The fourth-order valence-corrected chi connectivity index (χ4v) is 3.35. The Morgan fingerprint density at radius 2 is 2.29 bits per heavy atom. The van der Waals surface area contributed by atoms with E-state index < -0.39 is 0 Å². The van der Waals surface area contributed by atoms with Gasteiger partial charge in [0.25, 0.3) is 0 Å². The van der Waals surface area contributed by atoms with Gasteiger partial charge in [0.1, 0.15) is 6.04 Å². The smallest absolute Gasteiger partial charge is 0.236 e. The van der Waals surface area contributed by atoms with Crippen molar-refractivity contribution >= 4 is 17.7 Å². The van der Waals surface area contributed by atoms with E-state index in [9.17, 15) is 4.79 Å². The zero-order valence-corrected chi connectivity index (χ0v) is 8.92. The summed E-state index contributed by atoms with van der Waals surface area (Å²) in [7, 11) is 0. The zero-order valence-electron chi connectivity index (χ0n) is 8.11. The molecule has 2 atom stereocenters. The van der Waals surface area contributed by atoms with Gasteiger partial charge in [-0.25, -0.2) is 0 Å². The normalized spacial score (nSPS) is 31.8. The maximum Gasteiger partial charge on any atom is 0.236 e. The van der Waals surface area contributed by atoms with Crippen LogP contribution in [0.4, 0.5) is 0 Å². The molecule has 1 amide bonds. The second-order valence-electron chi connectivity index (χ2n) is 3.82. The number of carbonyl (C=O) groups excluding carboxylic acids is 1. The molecule has 0 aromatic carbocycles. The second-order valence-corrected chi connectivity index (χ2v) is 5.13. The van der Waals surface area contributed by atoms with Crippen LogP contribution in [-0.2, 0) is 4.79 Å². The highest BCUT2D eigenvalue weighted by Gasteiger charge is 2.34. The van der Waals surface area contributed by atoms with Gasteiger partial charge in [-0.1, -0.05) is 0 Å². The molecule has 0 bridgehead atoms. The van der Waals surface area contributed by atoms with Gasteiger partial charge in [-0.2, -0.15) is 5.26 Å². The van der Waals surface area contributed by atoms with E-state index in [2.05, 4.69) is 6.07 Å². The average molecular weight is 210 g/mol. The van der Waals surface area contributed by atoms with E-state index in [1.165, 1.54) is 0 Å². The van der Waals surface area contributed by atoms with Crippen molar-refractivity contribution in [3.05, 3.63) is 0 Å². The topological polar surface area (TPSA) is 44.1 Å². The minimum Gasteiger partial charge on any atom is -0.326 e. The molecule has 0 spiro atoms. The number of hydrogen-bond donors (Lipinski definition) is 0. The van der Waals surface area contributed by atoms with Gasteiger partial charge in [0, 0.05) is 6.54 Å². The van der Waals surface area contributed by atoms with E-state index in [0.717, 1.165) is 38.0 Å². The fourth-order valence-electron chi connectivity index (χ4n) is 2.12. The van der Waals surface area contributed by atoms with Gasteiger partial charge in [-0.15, -0.1) is 11.8 Å². The number of hydrogen-bond acceptors (Lipinski definition) is 3. The van der Waals surface area contributed by atoms with E-state index in [-0.39, 0.29) is 17.2 Å². The van der Waals surface area contributed by atoms with E-state index in [1.54, 1.807) is 16.7 Å². The quantitative estimate of drug-likeness (QED) is 0.657. The SMILES string of the molecule is N#CC1CCCN1C(=O)C1CCCS1. The number of nitriles is 1. The van der Waals surface area contributed by atoms with Crippen molar-refractivity contribution in [2.45, 2.75) is 37.0 Å². The number of rotatable bonds is 1. The lowest BCUT2D eigenvalue weighted by Crippen LogP contribution is -2.39. The average Bonchev–Trinajstić information content (AvgIpc) is 2.87. The third-order valence-electron chi connectivity index (χ3n) is 2.89. The third-order valence-corrected chi connectivity index (χ3v) is 4.25. The van der Waals surface area contributed by atoms with Crippen LogP contribution in [0.1, 0.15) is 25.7 Å². The molecule has 2 rings (SSSR count). The van der Waals surface area contributed by atoms with Gasteiger partial charge in [-0.3, -0.25) is 4.79 Å². The Balaban J connectivity index is 2.00. The molecule has 2 saturated heterocycles. The maximum atomic E-state index is 12.0. The first-order chi connectivity index (χ1) is 6.83. The van der Waals surface area contributed by atoms with Crippen LogP contribution in [0.15, 0.2) is 0 Å². The number of likely N-dealkylation sites (tertiary alicyclic amines) is 1. The summed E-state index contributed by atoms with van der Waals surface area (Å²) < 4.78 is 0. The lowest BCUT2D eigenvalue weighted by molar-refractivity contribution is -0.130. The van der Waals surface area contributed by atoms with Crippen molar-refractivity contribution < 1.29 is 4.79 Å². The number of nitrogens with zero attached hydrogens (tertiary/aromatic N) is 2. The Labute approximate surface area is 88.4 Å². The van der Waals surface area contributed by atoms with E-state index in [0.29, 0.717) is 0 Å². The Bertz CT molecular complexity index is 268. The van der Waals surface area contributed by atoms with Gasteiger partial charge >= 0.3 is 0 Å². The van der Waals surface area contributed by atoms with Crippen molar-refractivity contribution in [3.8, 4) is 6.07 Å². The molecule has 2 heterocycles. The van der Waals surface area contributed by atoms with Crippen LogP contribution < -0.4 is 0 Å². The molecule has 76 valence electrons. The van der Waals surface area contributed by atoms with E-state index >= 15 is 0 Å². The molecular formula is C10H14N2OS. The summed E-state index contributed by atoms with van der Waals surface area (Å²) in [6.45, 7) is 0.786. The van der Waals surface area contributed by atoms with Crippen molar-refractivity contribution in [2.75, 3.05) is 12.3 Å². The summed E-state index contributed by atoms with van der Waals surface area (Å²) in [5.74, 6) is 1.30. The molecule has 14 heavy (non-hydrogen) atoms. The predicted molar refractivity (Wildman–Crippen MR) is 55.8 cm³/mol. The Morgan fingerprint density at radius 1 is 1.43 bits per heavy atom. The summed E-state index contributed by atoms with van der Waals surface area (Å²) in [4.78, 5) is 13.8. The summed E-state index contributed by atoms with van der Waals surface area (Å²) in [5.41, 5.74) is 0. The molecule has 2 aliphatic heterocycles. The standard InChI is InChI=1S/C10H14N2OS/c11-7-8-3-1-5-12(8)10(13)9-4-2-6-14-9/h8-9H,1-6H2. The first kappa shape index (κ1) is 9.85. The first-order valence-electron chi connectivity index (χ1n) is 5.14. The molecule has 0 aromatic heterocycles. The van der Waals surface area contributed by atoms with E-state index in [4.69, 9.17) is 5.26 Å². The zero-order chi connectivity index (χ0) is 9.97. The highest BCUT2D eigenvalue weighted by Crippen LogP contribution is 2.30. The van der Waals surface area contributed by atoms with Crippen molar-refractivity contribution in [2.24, 2.45) is 0 Å². The molecule has 2 aliphatic rings. The summed E-state index contributed by atoms with van der Waals surface area (Å²) in [6.07, 6.45) is 3.99. The molecule has 0 N–H and O–H groups in total. The molecule has 0 aliphatic carbocycles. The number of amides is 1. The van der Waals surface area contributed by atoms with Crippen LogP contribution in [-0.4, -0.2) is 34.4 Å². The van der Waals surface area contributed by atoms with Gasteiger partial charge in [0.15, 0.2) is 0 Å². The molecule has 2 unspecified atom stereocenters. The molecule has 3 nitrogen and oxygen atoms in total. The van der Waals surface area contributed by atoms with Crippen molar-refractivity contribution in [3.63, 3.8) is 0 Å². The van der Waals surface area contributed by atoms with Gasteiger partial charge in [0.05, 0.1) is 11.3 Å². The molecular weight excluding hydrogens is 196 g/mol. The van der Waals surface area contributed by atoms with Crippen LogP contribution in [0.25, 0.3) is 0 Å². The van der Waals surface area contributed by atoms with Crippen LogP contribution in [0.3, 0.4) is 0 Å². The fraction of sp³-hybridized carbons (Fsp3) is 0.800. The Morgan fingerprint density at radius 3 is 2.93 bits per heavy atom. The minimum atomic E-state index is -0.149. The summed E-state index contributed by atoms with van der Waals surface area (Å²) in [6, 6.07) is 2.06. The summed E-state index contributed by atoms with van der Waals surface area (Å²) >= 11 is 1.75. The van der Waals surface area contributed by atoms with Crippen molar-refractivity contribution in [1.29, 1.82) is 5.26 Å². The highest BCUT2D eigenvalue weighted by molar-refractivity contribution is 8.00. The summed E-state index contributed by atoms with van der Waals surface area (Å²) in [5, 5.41) is 9.02. The van der Waals surface area contributed by atoms with Gasteiger partial charge in [0.2, 0.25) is 5.91 Å². The molecule has 4 heteroatoms. The second kappa shape index (κ2) is 4.22. The lowest BCUT2D eigenvalue weighted by atomic mass is 10.2. The largest absolute Gasteiger partial charge is 0.326 e. The van der Waals surface area contributed by atoms with Crippen LogP contribution in [0.2, 0.25) is 0 Å². The van der Waals surface area contributed by atoms with Crippen LogP contribution >= 0.6 is 11.8 Å². The van der Waals surface area contributed by atoms with Gasteiger partial charge in [-0.05, 0) is 31.4 Å². The molecule has 0 radical (unpaired) electrons. The monoisotopic (exact) mass is 210 g/mol. The molecule has 2 fully saturated rings. The molecule has 0 saturated carbocycles. The number of carbonyl (C=O) groups is 1. The third kappa shape index (κ3) is 1.74. The number of thioether (sulfide) groups is 1. The first-order valence-corrected chi connectivity index (χ1v) is 6.19. The predicted octanol–water partition coefficient (Wildman–Crippen LogP) is 1.40. The lowest BCUT2D eigenvalue weighted by Gasteiger charge is -2.22. The van der Waals surface area contributed by atoms with Gasteiger partial charge < -0.3 is 4.90 Å². The highest BCUT2D eigenvalue weighted by atomic mass is 32.2. The molecule has 0 aromatic rings. The van der Waals surface area contributed by atoms with Crippen LogP contribution in [0.5, 0.6) is 0 Å². The maximum absolute atomic E-state index is 12.0. The van der Waals surface area contributed by atoms with Crippen molar-refractivity contribution in [1.82, 2.24) is 4.90 Å². The Hall–Kier alpha value is -0.690. The van der Waals surface area contributed by atoms with Crippen LogP contribution in [0, 0.1) is 11.3 Å². The Kier molecular flexibility index (Phi) is 2.97.